The lowest BCUT2D eigenvalue weighted by molar-refractivity contribution is 0.495. The van der Waals surface area contributed by atoms with Gasteiger partial charge >= 0.3 is 0 Å². The van der Waals surface area contributed by atoms with Crippen molar-refractivity contribution in [3.8, 4) is 0 Å². The molecule has 0 unspecified atom stereocenters. The Hall–Kier alpha value is -2.03. The van der Waals surface area contributed by atoms with Gasteiger partial charge in [0.2, 0.25) is 0 Å². The highest BCUT2D eigenvalue weighted by atomic mass is 16.3. The van der Waals surface area contributed by atoms with E-state index in [1.807, 2.05) is 41.0 Å². The second-order valence-corrected chi connectivity index (χ2v) is 3.37. The molecule has 3 heteroatoms. The van der Waals surface area contributed by atoms with Gasteiger partial charge in [-0.05, 0) is 24.3 Å². The van der Waals surface area contributed by atoms with Gasteiger partial charge in [0, 0.05) is 0 Å². The van der Waals surface area contributed by atoms with Crippen LogP contribution in [0.15, 0.2) is 47.1 Å². The Kier molecular flexibility index (Phi) is 1.81. The quantitative estimate of drug-likeness (QED) is 0.632. The average molecular weight is 197 g/mol. The number of aromatic nitrogens is 2. The Balaban J connectivity index is 2.05. The molecule has 2 aromatic heterocycles. The van der Waals surface area contributed by atoms with Crippen LogP contribution in [0, 0.1) is 6.33 Å². The number of benzene rings is 1. The topological polar surface area (TPSA) is 31.0 Å². The van der Waals surface area contributed by atoms with E-state index in [1.165, 1.54) is 0 Å². The zero-order chi connectivity index (χ0) is 10.1. The van der Waals surface area contributed by atoms with Crippen molar-refractivity contribution >= 4 is 11.0 Å². The minimum Gasteiger partial charge on any atom is -0.467 e. The van der Waals surface area contributed by atoms with Gasteiger partial charge in [0.25, 0.3) is 0 Å². The number of hydrogen-bond donors (Lipinski definition) is 0. The number of nitrogens with zero attached hydrogens (tertiary/aromatic N) is 2. The molecule has 2 heterocycles. The molecule has 0 aliphatic carbocycles. The monoisotopic (exact) mass is 197 g/mol. The van der Waals surface area contributed by atoms with Crippen molar-refractivity contribution in [2.24, 2.45) is 0 Å². The molecule has 0 aliphatic heterocycles. The van der Waals surface area contributed by atoms with Crippen LogP contribution in [0.1, 0.15) is 5.76 Å². The maximum Gasteiger partial charge on any atom is 0.177 e. The van der Waals surface area contributed by atoms with Gasteiger partial charge in [-0.25, -0.2) is 4.98 Å². The van der Waals surface area contributed by atoms with E-state index in [0.717, 1.165) is 16.8 Å². The van der Waals surface area contributed by atoms with Crippen molar-refractivity contribution < 1.29 is 4.42 Å². The molecule has 0 fully saturated rings. The maximum atomic E-state index is 5.29. The maximum absolute atomic E-state index is 5.29. The zero-order valence-corrected chi connectivity index (χ0v) is 8.05. The summed E-state index contributed by atoms with van der Waals surface area (Å²) in [5.41, 5.74) is 2.04. The number of para-hydroxylation sites is 2. The van der Waals surface area contributed by atoms with E-state index in [4.69, 9.17) is 4.42 Å². The summed E-state index contributed by atoms with van der Waals surface area (Å²) in [6.45, 7) is 0.674. The fourth-order valence-electron chi connectivity index (χ4n) is 1.63. The molecule has 0 saturated carbocycles. The largest absolute Gasteiger partial charge is 0.467 e. The smallest absolute Gasteiger partial charge is 0.177 e. The van der Waals surface area contributed by atoms with Gasteiger partial charge in [-0.3, -0.25) is 0 Å². The molecule has 0 amide bonds. The normalized spacial score (nSPS) is 10.9. The molecule has 0 spiro atoms. The molecule has 0 saturated heterocycles. The fourth-order valence-corrected chi connectivity index (χ4v) is 1.63. The fraction of sp³-hybridized carbons (Fsp3) is 0.0833. The predicted molar refractivity (Wildman–Crippen MR) is 56.4 cm³/mol. The number of hydrogen-bond acceptors (Lipinski definition) is 2. The highest BCUT2D eigenvalue weighted by Gasteiger charge is 2.03. The highest BCUT2D eigenvalue weighted by molar-refractivity contribution is 5.74. The van der Waals surface area contributed by atoms with Crippen LogP contribution in [0.5, 0.6) is 0 Å². The summed E-state index contributed by atoms with van der Waals surface area (Å²) in [6.07, 6.45) is 4.63. The first-order valence-corrected chi connectivity index (χ1v) is 4.79. The van der Waals surface area contributed by atoms with Crippen LogP contribution >= 0.6 is 0 Å². The molecule has 1 aromatic carbocycles. The first kappa shape index (κ1) is 8.29. The summed E-state index contributed by atoms with van der Waals surface area (Å²) in [5.74, 6) is 0.911. The second kappa shape index (κ2) is 3.28. The van der Waals surface area contributed by atoms with Gasteiger partial charge in [-0.2, -0.15) is 0 Å². The van der Waals surface area contributed by atoms with Crippen LogP contribution in [0.25, 0.3) is 11.0 Å². The summed E-state index contributed by atoms with van der Waals surface area (Å²) in [7, 11) is 0. The standard InChI is InChI=1S/C12H9N2O/c1-2-6-12-11(5-1)13-9-14(12)8-10-4-3-7-15-10/h1-7H,8H2. The van der Waals surface area contributed by atoms with E-state index >= 15 is 0 Å². The van der Waals surface area contributed by atoms with E-state index in [1.54, 1.807) is 6.26 Å². The predicted octanol–water partition coefficient (Wildman–Crippen LogP) is 2.48. The molecule has 0 aliphatic rings. The summed E-state index contributed by atoms with van der Waals surface area (Å²) in [6, 6.07) is 11.8. The molecule has 0 bridgehead atoms. The van der Waals surface area contributed by atoms with Crippen LogP contribution in [-0.2, 0) is 6.54 Å². The Morgan fingerprint density at radius 2 is 2.13 bits per heavy atom. The number of imidazole rings is 1. The van der Waals surface area contributed by atoms with Crippen molar-refractivity contribution in [2.45, 2.75) is 6.54 Å². The van der Waals surface area contributed by atoms with Gasteiger partial charge in [0.1, 0.15) is 5.76 Å². The van der Waals surface area contributed by atoms with Crippen LogP contribution < -0.4 is 0 Å². The third kappa shape index (κ3) is 1.42. The van der Waals surface area contributed by atoms with Crippen molar-refractivity contribution in [1.29, 1.82) is 0 Å². The van der Waals surface area contributed by atoms with E-state index in [0.29, 0.717) is 6.54 Å². The Morgan fingerprint density at radius 1 is 1.20 bits per heavy atom. The molecule has 3 aromatic rings. The molecule has 0 atom stereocenters. The highest BCUT2D eigenvalue weighted by Crippen LogP contribution is 2.13. The molecule has 1 radical (unpaired) electrons. The Morgan fingerprint density at radius 3 is 3.00 bits per heavy atom. The van der Waals surface area contributed by atoms with Crippen molar-refractivity contribution in [3.05, 3.63) is 54.7 Å². The average Bonchev–Trinajstić information content (AvgIpc) is 2.89. The van der Waals surface area contributed by atoms with Gasteiger partial charge < -0.3 is 8.98 Å². The SMILES string of the molecule is [c]1nc2ccccc2n1Cc1ccco1. The molecule has 73 valence electrons. The van der Waals surface area contributed by atoms with Crippen molar-refractivity contribution in [3.63, 3.8) is 0 Å². The molecule has 0 N–H and O–H groups in total. The first-order chi connectivity index (χ1) is 7.43. The molecule has 3 nitrogen and oxygen atoms in total. The summed E-state index contributed by atoms with van der Waals surface area (Å²) < 4.78 is 7.24. The van der Waals surface area contributed by atoms with Crippen LogP contribution in [-0.4, -0.2) is 9.55 Å². The lowest BCUT2D eigenvalue weighted by Crippen LogP contribution is -1.96. The molecular formula is C12H9N2O. The van der Waals surface area contributed by atoms with Crippen LogP contribution in [0.2, 0.25) is 0 Å². The third-order valence-corrected chi connectivity index (χ3v) is 2.36. The Labute approximate surface area is 87.0 Å². The van der Waals surface area contributed by atoms with E-state index in [-0.39, 0.29) is 0 Å². The van der Waals surface area contributed by atoms with Crippen molar-refractivity contribution in [1.82, 2.24) is 9.55 Å². The molecule has 3 rings (SSSR count). The summed E-state index contributed by atoms with van der Waals surface area (Å²) >= 11 is 0. The minimum absolute atomic E-state index is 0.674. The van der Waals surface area contributed by atoms with Gasteiger partial charge in [0.05, 0.1) is 23.8 Å². The lowest BCUT2D eigenvalue weighted by atomic mass is 10.3. The molecular weight excluding hydrogens is 188 g/mol. The number of fused-ring (bicyclic) bond motifs is 1. The third-order valence-electron chi connectivity index (χ3n) is 2.36. The summed E-state index contributed by atoms with van der Waals surface area (Å²) in [5, 5.41) is 0. The van der Waals surface area contributed by atoms with Crippen LogP contribution in [0.4, 0.5) is 0 Å². The van der Waals surface area contributed by atoms with E-state index < -0.39 is 0 Å². The lowest BCUT2D eigenvalue weighted by Gasteiger charge is -1.99. The van der Waals surface area contributed by atoms with Crippen LogP contribution in [0.3, 0.4) is 0 Å². The second-order valence-electron chi connectivity index (χ2n) is 3.37. The zero-order valence-electron chi connectivity index (χ0n) is 8.05. The van der Waals surface area contributed by atoms with E-state index in [2.05, 4.69) is 11.3 Å². The summed E-state index contributed by atoms with van der Waals surface area (Å²) in [4.78, 5) is 4.20. The Bertz CT molecular complexity index is 566. The molecule has 15 heavy (non-hydrogen) atoms. The first-order valence-electron chi connectivity index (χ1n) is 4.79. The number of rotatable bonds is 2. The minimum atomic E-state index is 0.674. The van der Waals surface area contributed by atoms with E-state index in [9.17, 15) is 0 Å². The number of furan rings is 1. The van der Waals surface area contributed by atoms with Crippen molar-refractivity contribution in [2.75, 3.05) is 0 Å². The van der Waals surface area contributed by atoms with Gasteiger partial charge in [-0.1, -0.05) is 12.1 Å². The van der Waals surface area contributed by atoms with Gasteiger partial charge in [-0.15, -0.1) is 0 Å². The van der Waals surface area contributed by atoms with Gasteiger partial charge in [0.15, 0.2) is 6.33 Å².